The molecule has 0 heterocycles. The predicted octanol–water partition coefficient (Wildman–Crippen LogP) is 4.98. The SMILES string of the molecule is CC(C)(C)CC(C(=O)OCCOC1CCCCC1)C(C)(C)C. The Morgan fingerprint density at radius 1 is 1.00 bits per heavy atom. The Morgan fingerprint density at radius 3 is 2.09 bits per heavy atom. The summed E-state index contributed by atoms with van der Waals surface area (Å²) in [5.41, 5.74) is 0.0458. The van der Waals surface area contributed by atoms with Crippen LogP contribution in [0, 0.1) is 16.7 Å². The molecule has 22 heavy (non-hydrogen) atoms. The molecular formula is C19H36O3. The molecule has 0 bridgehead atoms. The highest BCUT2D eigenvalue weighted by Crippen LogP contribution is 2.36. The normalized spacial score (nSPS) is 19.0. The van der Waals surface area contributed by atoms with Crippen LogP contribution < -0.4 is 0 Å². The molecule has 1 atom stereocenters. The molecule has 0 amide bonds. The zero-order chi connectivity index (χ0) is 16.8. The maximum absolute atomic E-state index is 12.4. The molecule has 0 saturated heterocycles. The third kappa shape index (κ3) is 7.62. The molecule has 0 aromatic carbocycles. The van der Waals surface area contributed by atoms with Gasteiger partial charge in [-0.1, -0.05) is 60.8 Å². The number of carbonyl (C=O) groups is 1. The molecule has 3 heteroatoms. The Bertz CT molecular complexity index is 330. The summed E-state index contributed by atoms with van der Waals surface area (Å²) >= 11 is 0. The highest BCUT2D eigenvalue weighted by atomic mass is 16.6. The van der Waals surface area contributed by atoms with Crippen molar-refractivity contribution < 1.29 is 14.3 Å². The molecule has 0 radical (unpaired) electrons. The van der Waals surface area contributed by atoms with Gasteiger partial charge in [0.05, 0.1) is 18.6 Å². The van der Waals surface area contributed by atoms with E-state index in [1.54, 1.807) is 0 Å². The van der Waals surface area contributed by atoms with Gasteiger partial charge < -0.3 is 9.47 Å². The van der Waals surface area contributed by atoms with Crippen molar-refractivity contribution in [3.63, 3.8) is 0 Å². The lowest BCUT2D eigenvalue weighted by Crippen LogP contribution is -2.34. The molecule has 3 nitrogen and oxygen atoms in total. The maximum atomic E-state index is 12.4. The van der Waals surface area contributed by atoms with E-state index in [4.69, 9.17) is 9.47 Å². The van der Waals surface area contributed by atoms with Crippen LogP contribution in [0.1, 0.15) is 80.1 Å². The van der Waals surface area contributed by atoms with Crippen molar-refractivity contribution in [1.29, 1.82) is 0 Å². The van der Waals surface area contributed by atoms with E-state index in [9.17, 15) is 4.79 Å². The van der Waals surface area contributed by atoms with Gasteiger partial charge in [-0.25, -0.2) is 0 Å². The number of ether oxygens (including phenoxy) is 2. The van der Waals surface area contributed by atoms with Crippen molar-refractivity contribution in [3.8, 4) is 0 Å². The number of rotatable bonds is 6. The van der Waals surface area contributed by atoms with Gasteiger partial charge in [0.15, 0.2) is 0 Å². The molecule has 1 fully saturated rings. The molecule has 1 rings (SSSR count). The van der Waals surface area contributed by atoms with Gasteiger partial charge in [0, 0.05) is 0 Å². The van der Waals surface area contributed by atoms with E-state index in [1.165, 1.54) is 19.3 Å². The topological polar surface area (TPSA) is 35.5 Å². The second-order valence-corrected chi connectivity index (χ2v) is 8.98. The standard InChI is InChI=1S/C19H36O3/c1-18(2,3)14-16(19(4,5)6)17(20)22-13-12-21-15-10-8-7-9-11-15/h15-16H,7-14H2,1-6H3. The lowest BCUT2D eigenvalue weighted by Gasteiger charge is -2.33. The average molecular weight is 312 g/mol. The van der Waals surface area contributed by atoms with Crippen LogP contribution in [0.2, 0.25) is 0 Å². The van der Waals surface area contributed by atoms with Gasteiger partial charge in [-0.05, 0) is 30.1 Å². The smallest absolute Gasteiger partial charge is 0.309 e. The Hall–Kier alpha value is -0.570. The number of hydrogen-bond acceptors (Lipinski definition) is 3. The molecule has 1 unspecified atom stereocenters. The summed E-state index contributed by atoms with van der Waals surface area (Å²) in [5.74, 6) is -0.142. The monoisotopic (exact) mass is 312 g/mol. The van der Waals surface area contributed by atoms with Crippen molar-refractivity contribution in [2.24, 2.45) is 16.7 Å². The van der Waals surface area contributed by atoms with Crippen LogP contribution in [-0.4, -0.2) is 25.3 Å². The van der Waals surface area contributed by atoms with Crippen molar-refractivity contribution in [2.75, 3.05) is 13.2 Å². The average Bonchev–Trinajstić information content (AvgIpc) is 2.40. The van der Waals surface area contributed by atoms with E-state index in [-0.39, 0.29) is 22.7 Å². The van der Waals surface area contributed by atoms with Crippen LogP contribution in [0.25, 0.3) is 0 Å². The first-order chi connectivity index (χ1) is 10.1. The van der Waals surface area contributed by atoms with Crippen molar-refractivity contribution >= 4 is 5.97 Å². The molecule has 0 aromatic rings. The Balaban J connectivity index is 2.36. The molecule has 1 aliphatic carbocycles. The fraction of sp³-hybridized carbons (Fsp3) is 0.947. The Labute approximate surface area is 137 Å². The summed E-state index contributed by atoms with van der Waals surface area (Å²) in [6, 6.07) is 0. The lowest BCUT2D eigenvalue weighted by atomic mass is 9.72. The molecule has 0 N–H and O–H groups in total. The number of carbonyl (C=O) groups excluding carboxylic acids is 1. The van der Waals surface area contributed by atoms with Crippen molar-refractivity contribution in [3.05, 3.63) is 0 Å². The first-order valence-corrected chi connectivity index (χ1v) is 8.88. The molecule has 0 aliphatic heterocycles. The van der Waals surface area contributed by atoms with Gasteiger partial charge in [-0.2, -0.15) is 0 Å². The lowest BCUT2D eigenvalue weighted by molar-refractivity contribution is -0.156. The van der Waals surface area contributed by atoms with E-state index in [0.717, 1.165) is 19.3 Å². The third-order valence-electron chi connectivity index (χ3n) is 4.38. The van der Waals surface area contributed by atoms with E-state index in [2.05, 4.69) is 41.5 Å². The summed E-state index contributed by atoms with van der Waals surface area (Å²) in [5, 5.41) is 0. The minimum absolute atomic E-state index is 0.0674. The molecular weight excluding hydrogens is 276 g/mol. The molecule has 1 saturated carbocycles. The summed E-state index contributed by atoms with van der Waals surface area (Å²) < 4.78 is 11.3. The minimum Gasteiger partial charge on any atom is -0.463 e. The Kier molecular flexibility index (Phi) is 7.37. The van der Waals surface area contributed by atoms with Gasteiger partial charge in [0.25, 0.3) is 0 Å². The van der Waals surface area contributed by atoms with Crippen LogP contribution in [-0.2, 0) is 14.3 Å². The van der Waals surface area contributed by atoms with E-state index in [1.807, 2.05) is 0 Å². The fourth-order valence-electron chi connectivity index (χ4n) is 3.04. The predicted molar refractivity (Wildman–Crippen MR) is 90.8 cm³/mol. The van der Waals surface area contributed by atoms with Gasteiger partial charge in [-0.3, -0.25) is 4.79 Å². The quantitative estimate of drug-likeness (QED) is 0.512. The number of hydrogen-bond donors (Lipinski definition) is 0. The van der Waals surface area contributed by atoms with Crippen LogP contribution >= 0.6 is 0 Å². The molecule has 1 aliphatic rings. The highest BCUT2D eigenvalue weighted by molar-refractivity contribution is 5.73. The Morgan fingerprint density at radius 2 is 1.59 bits per heavy atom. The first kappa shape index (κ1) is 19.5. The molecule has 0 aromatic heterocycles. The highest BCUT2D eigenvalue weighted by Gasteiger charge is 2.35. The van der Waals surface area contributed by atoms with Gasteiger partial charge in [0.1, 0.15) is 6.61 Å². The van der Waals surface area contributed by atoms with Crippen LogP contribution in [0.3, 0.4) is 0 Å². The van der Waals surface area contributed by atoms with Gasteiger partial charge in [-0.15, -0.1) is 0 Å². The van der Waals surface area contributed by atoms with Gasteiger partial charge in [0.2, 0.25) is 0 Å². The fourth-order valence-corrected chi connectivity index (χ4v) is 3.04. The molecule has 0 spiro atoms. The van der Waals surface area contributed by atoms with Crippen LogP contribution in [0.15, 0.2) is 0 Å². The summed E-state index contributed by atoms with van der Waals surface area (Å²) in [6.45, 7) is 13.8. The second kappa shape index (κ2) is 8.33. The van der Waals surface area contributed by atoms with Crippen LogP contribution in [0.5, 0.6) is 0 Å². The second-order valence-electron chi connectivity index (χ2n) is 8.98. The summed E-state index contributed by atoms with van der Waals surface area (Å²) in [4.78, 5) is 12.4. The zero-order valence-corrected chi connectivity index (χ0v) is 15.5. The maximum Gasteiger partial charge on any atom is 0.309 e. The minimum atomic E-state index is -0.0748. The third-order valence-corrected chi connectivity index (χ3v) is 4.38. The van der Waals surface area contributed by atoms with Crippen molar-refractivity contribution in [2.45, 2.75) is 86.2 Å². The first-order valence-electron chi connectivity index (χ1n) is 8.88. The van der Waals surface area contributed by atoms with E-state index >= 15 is 0 Å². The van der Waals surface area contributed by atoms with Gasteiger partial charge >= 0.3 is 5.97 Å². The summed E-state index contributed by atoms with van der Waals surface area (Å²) in [7, 11) is 0. The van der Waals surface area contributed by atoms with Crippen LogP contribution in [0.4, 0.5) is 0 Å². The van der Waals surface area contributed by atoms with E-state index < -0.39 is 0 Å². The largest absolute Gasteiger partial charge is 0.463 e. The molecule has 130 valence electrons. The van der Waals surface area contributed by atoms with E-state index in [0.29, 0.717) is 19.3 Å². The zero-order valence-electron chi connectivity index (χ0n) is 15.5. The van der Waals surface area contributed by atoms with Crippen molar-refractivity contribution in [1.82, 2.24) is 0 Å². The number of esters is 1. The summed E-state index contributed by atoms with van der Waals surface area (Å²) in [6.07, 6.45) is 7.39.